The van der Waals surface area contributed by atoms with Crippen molar-refractivity contribution in [3.05, 3.63) is 29.8 Å². The first-order valence-electron chi connectivity index (χ1n) is 6.78. The summed E-state index contributed by atoms with van der Waals surface area (Å²) in [4.78, 5) is 14.2. The number of aliphatic hydroxyl groups is 1. The number of para-hydroxylation sites is 1. The van der Waals surface area contributed by atoms with Crippen molar-refractivity contribution in [1.29, 1.82) is 0 Å². The van der Waals surface area contributed by atoms with Gasteiger partial charge in [-0.25, -0.2) is 0 Å². The minimum atomic E-state index is -0.180. The molecule has 1 aromatic carbocycles. The van der Waals surface area contributed by atoms with Crippen LogP contribution in [0.3, 0.4) is 0 Å². The molecule has 2 atom stereocenters. The van der Waals surface area contributed by atoms with Crippen LogP contribution in [0.4, 0.5) is 5.69 Å². The van der Waals surface area contributed by atoms with Crippen LogP contribution in [0.15, 0.2) is 24.3 Å². The SMILES string of the molecule is CCC(=O)c1ccccc1N1CC(CO)OCC1C. The maximum atomic E-state index is 12.0. The van der Waals surface area contributed by atoms with Gasteiger partial charge in [0.1, 0.15) is 0 Å². The van der Waals surface area contributed by atoms with Crippen LogP contribution in [0.5, 0.6) is 0 Å². The molecule has 104 valence electrons. The molecule has 1 aromatic rings. The number of nitrogens with zero attached hydrogens (tertiary/aromatic N) is 1. The van der Waals surface area contributed by atoms with E-state index in [4.69, 9.17) is 4.74 Å². The van der Waals surface area contributed by atoms with Gasteiger partial charge in [-0.05, 0) is 19.1 Å². The molecule has 4 nitrogen and oxygen atoms in total. The molecule has 0 amide bonds. The molecule has 0 saturated carbocycles. The average molecular weight is 263 g/mol. The Hall–Kier alpha value is -1.39. The number of anilines is 1. The lowest BCUT2D eigenvalue weighted by molar-refractivity contribution is -0.0103. The molecule has 0 aliphatic carbocycles. The van der Waals surface area contributed by atoms with Crippen molar-refractivity contribution in [2.45, 2.75) is 32.4 Å². The first kappa shape index (κ1) is 14.0. The molecule has 2 unspecified atom stereocenters. The minimum absolute atomic E-state index is 0.00705. The Balaban J connectivity index is 2.31. The number of ketones is 1. The Morgan fingerprint density at radius 1 is 1.47 bits per heavy atom. The van der Waals surface area contributed by atoms with Crippen LogP contribution in [0.1, 0.15) is 30.6 Å². The maximum Gasteiger partial charge on any atom is 0.164 e. The second-order valence-electron chi connectivity index (χ2n) is 4.93. The van der Waals surface area contributed by atoms with Gasteiger partial charge in [0, 0.05) is 30.3 Å². The van der Waals surface area contributed by atoms with Gasteiger partial charge in [-0.15, -0.1) is 0 Å². The fourth-order valence-electron chi connectivity index (χ4n) is 2.41. The van der Waals surface area contributed by atoms with Crippen LogP contribution in [0.2, 0.25) is 0 Å². The van der Waals surface area contributed by atoms with Gasteiger partial charge in [-0.2, -0.15) is 0 Å². The Bertz CT molecular complexity index is 447. The highest BCUT2D eigenvalue weighted by Gasteiger charge is 2.27. The van der Waals surface area contributed by atoms with E-state index >= 15 is 0 Å². The Morgan fingerprint density at radius 3 is 2.89 bits per heavy atom. The summed E-state index contributed by atoms with van der Waals surface area (Å²) in [5.74, 6) is 0.148. The molecule has 1 fully saturated rings. The molecule has 0 radical (unpaired) electrons. The monoisotopic (exact) mass is 263 g/mol. The van der Waals surface area contributed by atoms with Crippen molar-refractivity contribution in [2.75, 3.05) is 24.7 Å². The van der Waals surface area contributed by atoms with Gasteiger partial charge >= 0.3 is 0 Å². The van der Waals surface area contributed by atoms with Crippen molar-refractivity contribution in [3.63, 3.8) is 0 Å². The predicted octanol–water partition coefficient (Wildman–Crippen LogP) is 1.87. The van der Waals surface area contributed by atoms with E-state index in [0.29, 0.717) is 19.6 Å². The molecule has 4 heteroatoms. The fraction of sp³-hybridized carbons (Fsp3) is 0.533. The van der Waals surface area contributed by atoms with Crippen molar-refractivity contribution < 1.29 is 14.6 Å². The van der Waals surface area contributed by atoms with Crippen molar-refractivity contribution in [1.82, 2.24) is 0 Å². The number of ether oxygens (including phenoxy) is 1. The van der Waals surface area contributed by atoms with Crippen LogP contribution in [0.25, 0.3) is 0 Å². The molecule has 19 heavy (non-hydrogen) atoms. The first-order valence-corrected chi connectivity index (χ1v) is 6.78. The van der Waals surface area contributed by atoms with Crippen LogP contribution >= 0.6 is 0 Å². The van der Waals surface area contributed by atoms with E-state index in [0.717, 1.165) is 11.3 Å². The van der Waals surface area contributed by atoms with Crippen molar-refractivity contribution in [2.24, 2.45) is 0 Å². The van der Waals surface area contributed by atoms with E-state index < -0.39 is 0 Å². The van der Waals surface area contributed by atoms with Crippen LogP contribution in [-0.2, 0) is 4.74 Å². The number of carbonyl (C=O) groups excluding carboxylic acids is 1. The van der Waals surface area contributed by atoms with Crippen LogP contribution in [0, 0.1) is 0 Å². The molecule has 0 aromatic heterocycles. The number of Topliss-reactive ketones (excluding diaryl/α,β-unsaturated/α-hetero) is 1. The van der Waals surface area contributed by atoms with Gasteiger partial charge in [0.2, 0.25) is 0 Å². The summed E-state index contributed by atoms with van der Waals surface area (Å²) in [6.45, 7) is 5.14. The smallest absolute Gasteiger partial charge is 0.164 e. The van der Waals surface area contributed by atoms with Crippen LogP contribution < -0.4 is 4.90 Å². The Morgan fingerprint density at radius 2 is 2.21 bits per heavy atom. The summed E-state index contributed by atoms with van der Waals surface area (Å²) in [5.41, 5.74) is 1.71. The lowest BCUT2D eigenvalue weighted by atomic mass is 10.0. The predicted molar refractivity (Wildman–Crippen MR) is 74.7 cm³/mol. The van der Waals surface area contributed by atoms with Gasteiger partial charge in [-0.1, -0.05) is 19.1 Å². The summed E-state index contributed by atoms with van der Waals surface area (Å²) in [5, 5.41) is 9.25. The highest BCUT2D eigenvalue weighted by Crippen LogP contribution is 2.26. The van der Waals surface area contributed by atoms with Gasteiger partial charge < -0.3 is 14.7 Å². The van der Waals surface area contributed by atoms with Crippen molar-refractivity contribution >= 4 is 11.5 Å². The van der Waals surface area contributed by atoms with E-state index in [-0.39, 0.29) is 24.5 Å². The quantitative estimate of drug-likeness (QED) is 0.842. The zero-order valence-corrected chi connectivity index (χ0v) is 11.5. The zero-order chi connectivity index (χ0) is 13.8. The molecular formula is C15H21NO3. The standard InChI is InChI=1S/C15H21NO3/c1-3-15(18)13-6-4-5-7-14(13)16-8-12(9-17)19-10-11(16)2/h4-7,11-12,17H,3,8-10H2,1-2H3. The summed E-state index contributed by atoms with van der Waals surface area (Å²) in [6, 6.07) is 7.88. The molecule has 0 spiro atoms. The second-order valence-corrected chi connectivity index (χ2v) is 4.93. The summed E-state index contributed by atoms with van der Waals surface area (Å²) < 4.78 is 5.54. The summed E-state index contributed by atoms with van der Waals surface area (Å²) in [7, 11) is 0. The van der Waals surface area contributed by atoms with Gasteiger partial charge in [0.05, 0.1) is 19.3 Å². The van der Waals surface area contributed by atoms with Gasteiger partial charge in [0.25, 0.3) is 0 Å². The highest BCUT2D eigenvalue weighted by atomic mass is 16.5. The zero-order valence-electron chi connectivity index (χ0n) is 11.5. The molecule has 0 bridgehead atoms. The average Bonchev–Trinajstić information content (AvgIpc) is 2.47. The third-order valence-corrected chi connectivity index (χ3v) is 3.54. The normalized spacial score (nSPS) is 23.4. The van der Waals surface area contributed by atoms with Crippen molar-refractivity contribution in [3.8, 4) is 0 Å². The largest absolute Gasteiger partial charge is 0.394 e. The second kappa shape index (κ2) is 6.17. The van der Waals surface area contributed by atoms with E-state index in [1.807, 2.05) is 31.2 Å². The fourth-order valence-corrected chi connectivity index (χ4v) is 2.41. The third-order valence-electron chi connectivity index (χ3n) is 3.54. The van der Waals surface area contributed by atoms with E-state index in [9.17, 15) is 9.90 Å². The number of hydrogen-bond acceptors (Lipinski definition) is 4. The number of benzene rings is 1. The number of carbonyl (C=O) groups is 1. The number of aliphatic hydroxyl groups excluding tert-OH is 1. The third kappa shape index (κ3) is 2.96. The molecule has 1 heterocycles. The number of morpholine rings is 1. The minimum Gasteiger partial charge on any atom is -0.394 e. The molecular weight excluding hydrogens is 242 g/mol. The van der Waals surface area contributed by atoms with E-state index in [2.05, 4.69) is 11.8 Å². The Kier molecular flexibility index (Phi) is 4.56. The highest BCUT2D eigenvalue weighted by molar-refractivity contribution is 6.01. The maximum absolute atomic E-state index is 12.0. The van der Waals surface area contributed by atoms with Gasteiger partial charge in [-0.3, -0.25) is 4.79 Å². The van der Waals surface area contributed by atoms with Crippen LogP contribution in [-0.4, -0.2) is 42.8 Å². The topological polar surface area (TPSA) is 49.8 Å². The lowest BCUT2D eigenvalue weighted by Gasteiger charge is -2.39. The summed E-state index contributed by atoms with van der Waals surface area (Å²) >= 11 is 0. The molecule has 1 N–H and O–H groups in total. The summed E-state index contributed by atoms with van der Waals surface area (Å²) in [6.07, 6.45) is 0.320. The van der Waals surface area contributed by atoms with Gasteiger partial charge in [0.15, 0.2) is 5.78 Å². The molecule has 2 rings (SSSR count). The first-order chi connectivity index (χ1) is 9.17. The van der Waals surface area contributed by atoms with E-state index in [1.54, 1.807) is 0 Å². The molecule has 1 saturated heterocycles. The van der Waals surface area contributed by atoms with E-state index in [1.165, 1.54) is 0 Å². The molecule has 1 aliphatic heterocycles. The Labute approximate surface area is 114 Å². The number of rotatable bonds is 4. The number of hydrogen-bond donors (Lipinski definition) is 1. The molecule has 1 aliphatic rings. The lowest BCUT2D eigenvalue weighted by Crippen LogP contribution is -2.50.